The van der Waals surface area contributed by atoms with E-state index in [9.17, 15) is 14.7 Å². The minimum atomic E-state index is -0.522. The maximum absolute atomic E-state index is 12.6. The van der Waals surface area contributed by atoms with Crippen LogP contribution in [-0.2, 0) is 4.79 Å². The highest BCUT2D eigenvalue weighted by molar-refractivity contribution is 5.86. The average molecular weight is 391 g/mol. The molecule has 6 nitrogen and oxygen atoms in total. The lowest BCUT2D eigenvalue weighted by Crippen LogP contribution is -2.35. The average Bonchev–Trinajstić information content (AvgIpc) is 3.12. The molecule has 1 saturated heterocycles. The van der Waals surface area contributed by atoms with E-state index in [4.69, 9.17) is 5.73 Å². The van der Waals surface area contributed by atoms with Gasteiger partial charge >= 0.3 is 0 Å². The Kier molecular flexibility index (Phi) is 5.47. The van der Waals surface area contributed by atoms with E-state index in [1.807, 2.05) is 48.5 Å². The number of likely N-dealkylation sites (tertiary alicyclic amines) is 1. The second-order valence-electron chi connectivity index (χ2n) is 7.77. The number of aromatic nitrogens is 1. The Morgan fingerprint density at radius 3 is 2.62 bits per heavy atom. The number of aliphatic hydroxyl groups is 1. The van der Waals surface area contributed by atoms with Crippen molar-refractivity contribution in [1.82, 2.24) is 9.88 Å². The van der Waals surface area contributed by atoms with Crippen molar-refractivity contribution < 1.29 is 9.90 Å². The third-order valence-corrected chi connectivity index (χ3v) is 5.75. The van der Waals surface area contributed by atoms with Crippen LogP contribution in [0.2, 0.25) is 0 Å². The van der Waals surface area contributed by atoms with Crippen LogP contribution in [0.25, 0.3) is 10.9 Å². The zero-order valence-electron chi connectivity index (χ0n) is 16.1. The first kappa shape index (κ1) is 19.4. The molecular formula is C23H25N3O3. The van der Waals surface area contributed by atoms with E-state index < -0.39 is 5.92 Å². The van der Waals surface area contributed by atoms with Crippen LogP contribution in [0, 0.1) is 0 Å². The summed E-state index contributed by atoms with van der Waals surface area (Å²) < 4.78 is 0. The van der Waals surface area contributed by atoms with Gasteiger partial charge in [-0.15, -0.1) is 0 Å². The number of pyridine rings is 1. The summed E-state index contributed by atoms with van der Waals surface area (Å²) in [4.78, 5) is 29.2. The number of nitrogens with one attached hydrogen (secondary N) is 1. The molecule has 1 aliphatic heterocycles. The molecule has 1 fully saturated rings. The molecule has 0 aliphatic carbocycles. The Bertz CT molecular complexity index is 1060. The van der Waals surface area contributed by atoms with E-state index in [0.717, 1.165) is 35.0 Å². The molecule has 1 aliphatic rings. The fourth-order valence-electron chi connectivity index (χ4n) is 4.32. The van der Waals surface area contributed by atoms with Gasteiger partial charge in [-0.2, -0.15) is 0 Å². The van der Waals surface area contributed by atoms with Gasteiger partial charge in [-0.25, -0.2) is 0 Å². The number of aromatic amines is 1. The van der Waals surface area contributed by atoms with E-state index >= 15 is 0 Å². The summed E-state index contributed by atoms with van der Waals surface area (Å²) in [6.07, 6.45) is 0.419. The van der Waals surface area contributed by atoms with Gasteiger partial charge in [0.1, 0.15) is 0 Å². The van der Waals surface area contributed by atoms with Crippen molar-refractivity contribution in [3.8, 4) is 0 Å². The topological polar surface area (TPSA) is 99.4 Å². The summed E-state index contributed by atoms with van der Waals surface area (Å²) in [5, 5.41) is 10.8. The number of carbonyl (C=O) groups excluding carboxylic acids is 1. The fraction of sp³-hybridized carbons (Fsp3) is 0.304. The second-order valence-corrected chi connectivity index (χ2v) is 7.77. The minimum Gasteiger partial charge on any atom is -0.392 e. The third kappa shape index (κ3) is 4.23. The number of primary amides is 1. The lowest BCUT2D eigenvalue weighted by Gasteiger charge is -2.30. The standard InChI is InChI=1S/C23H25N3O3/c24-23(29)22(17-6-8-20-16(12-17)7-9-21(28)25-20)19(15-4-2-1-3-5-15)14-26-11-10-18(27)13-26/h1-9,12,18-19,22,27H,10-11,13-14H2,(H2,24,29)(H,25,28)/t18-,19-,22?/m1/s1. The lowest BCUT2D eigenvalue weighted by atomic mass is 9.80. The molecule has 0 bridgehead atoms. The number of hydrogen-bond acceptors (Lipinski definition) is 4. The number of amides is 1. The molecule has 3 aromatic rings. The number of rotatable bonds is 6. The molecule has 29 heavy (non-hydrogen) atoms. The monoisotopic (exact) mass is 391 g/mol. The zero-order valence-corrected chi connectivity index (χ0v) is 16.1. The number of fused-ring (bicyclic) bond motifs is 1. The van der Waals surface area contributed by atoms with Crippen LogP contribution < -0.4 is 11.3 Å². The molecule has 2 heterocycles. The molecule has 0 saturated carbocycles. The van der Waals surface area contributed by atoms with E-state index in [0.29, 0.717) is 13.1 Å². The predicted molar refractivity (Wildman–Crippen MR) is 113 cm³/mol. The van der Waals surface area contributed by atoms with Crippen LogP contribution in [0.4, 0.5) is 0 Å². The lowest BCUT2D eigenvalue weighted by molar-refractivity contribution is -0.120. The van der Waals surface area contributed by atoms with Gasteiger partial charge in [-0.3, -0.25) is 9.59 Å². The first-order chi connectivity index (χ1) is 14.0. The summed E-state index contributed by atoms with van der Waals surface area (Å²) in [5.74, 6) is -1.05. The van der Waals surface area contributed by atoms with Gasteiger partial charge in [0.2, 0.25) is 11.5 Å². The highest BCUT2D eigenvalue weighted by atomic mass is 16.3. The molecule has 1 aromatic heterocycles. The van der Waals surface area contributed by atoms with Crippen LogP contribution in [-0.4, -0.2) is 46.6 Å². The van der Waals surface area contributed by atoms with E-state index in [2.05, 4.69) is 9.88 Å². The molecule has 0 spiro atoms. The summed E-state index contributed by atoms with van der Waals surface area (Å²) >= 11 is 0. The van der Waals surface area contributed by atoms with Gasteiger partial charge in [0.25, 0.3) is 0 Å². The molecule has 0 radical (unpaired) electrons. The quantitative estimate of drug-likeness (QED) is 0.598. The number of hydrogen-bond donors (Lipinski definition) is 3. The predicted octanol–water partition coefficient (Wildman–Crippen LogP) is 1.95. The van der Waals surface area contributed by atoms with Crippen LogP contribution in [0.3, 0.4) is 0 Å². The van der Waals surface area contributed by atoms with Gasteiger partial charge in [0, 0.05) is 37.1 Å². The number of H-pyrrole nitrogens is 1. The second kappa shape index (κ2) is 8.19. The highest BCUT2D eigenvalue weighted by Crippen LogP contribution is 2.35. The summed E-state index contributed by atoms with van der Waals surface area (Å²) in [6, 6.07) is 18.8. The van der Waals surface area contributed by atoms with Crippen LogP contribution >= 0.6 is 0 Å². The van der Waals surface area contributed by atoms with Crippen molar-refractivity contribution in [3.05, 3.63) is 82.1 Å². The van der Waals surface area contributed by atoms with E-state index in [-0.39, 0.29) is 23.5 Å². The first-order valence-corrected chi connectivity index (χ1v) is 9.89. The summed E-state index contributed by atoms with van der Waals surface area (Å²) in [7, 11) is 0. The Balaban J connectivity index is 1.75. The van der Waals surface area contributed by atoms with Crippen molar-refractivity contribution in [2.45, 2.75) is 24.4 Å². The van der Waals surface area contributed by atoms with Crippen LogP contribution in [0.5, 0.6) is 0 Å². The molecule has 150 valence electrons. The largest absolute Gasteiger partial charge is 0.392 e. The normalized spacial score (nSPS) is 19.3. The number of nitrogens with zero attached hydrogens (tertiary/aromatic N) is 1. The van der Waals surface area contributed by atoms with Crippen molar-refractivity contribution in [1.29, 1.82) is 0 Å². The van der Waals surface area contributed by atoms with Crippen molar-refractivity contribution in [2.24, 2.45) is 5.73 Å². The molecular weight excluding hydrogens is 366 g/mol. The first-order valence-electron chi connectivity index (χ1n) is 9.89. The number of aliphatic hydroxyl groups excluding tert-OH is 1. The number of β-amino-alcohol motifs (C(OH)–C–C–N with tert-alkyl or cyclic N) is 1. The van der Waals surface area contributed by atoms with Crippen molar-refractivity contribution in [3.63, 3.8) is 0 Å². The van der Waals surface area contributed by atoms with E-state index in [1.54, 1.807) is 6.07 Å². The highest BCUT2D eigenvalue weighted by Gasteiger charge is 2.33. The molecule has 1 unspecified atom stereocenters. The SMILES string of the molecule is NC(=O)C(c1ccc2[nH]c(=O)ccc2c1)[C@H](CN1CC[C@@H](O)C1)c1ccccc1. The smallest absolute Gasteiger partial charge is 0.248 e. The Hall–Kier alpha value is -2.96. The Labute approximate surface area is 169 Å². The number of carbonyl (C=O) groups is 1. The molecule has 3 atom stereocenters. The maximum atomic E-state index is 12.6. The minimum absolute atomic E-state index is 0.140. The maximum Gasteiger partial charge on any atom is 0.248 e. The summed E-state index contributed by atoms with van der Waals surface area (Å²) in [6.45, 7) is 2.04. The summed E-state index contributed by atoms with van der Waals surface area (Å²) in [5.41, 5.74) is 8.34. The van der Waals surface area contributed by atoms with Gasteiger partial charge < -0.3 is 20.7 Å². The van der Waals surface area contributed by atoms with Gasteiger partial charge in [-0.1, -0.05) is 36.4 Å². The molecule has 1 amide bonds. The van der Waals surface area contributed by atoms with Crippen molar-refractivity contribution in [2.75, 3.05) is 19.6 Å². The van der Waals surface area contributed by atoms with Crippen molar-refractivity contribution >= 4 is 16.8 Å². The van der Waals surface area contributed by atoms with Crippen LogP contribution in [0.15, 0.2) is 65.5 Å². The number of benzene rings is 2. The molecule has 2 aromatic carbocycles. The van der Waals surface area contributed by atoms with Crippen LogP contribution in [0.1, 0.15) is 29.4 Å². The van der Waals surface area contributed by atoms with Gasteiger partial charge in [-0.05, 0) is 41.1 Å². The molecule has 4 rings (SSSR count). The Morgan fingerprint density at radius 1 is 1.14 bits per heavy atom. The van der Waals surface area contributed by atoms with E-state index in [1.165, 1.54) is 6.07 Å². The zero-order chi connectivity index (χ0) is 20.4. The van der Waals surface area contributed by atoms with Gasteiger partial charge in [0.05, 0.1) is 12.0 Å². The third-order valence-electron chi connectivity index (χ3n) is 5.75. The molecule has 4 N–H and O–H groups in total. The Morgan fingerprint density at radius 2 is 1.93 bits per heavy atom. The fourth-order valence-corrected chi connectivity index (χ4v) is 4.32. The van der Waals surface area contributed by atoms with Gasteiger partial charge in [0.15, 0.2) is 0 Å². The molecule has 6 heteroatoms. The number of nitrogens with two attached hydrogens (primary N) is 1.